The summed E-state index contributed by atoms with van der Waals surface area (Å²) in [7, 11) is -9.71. The molecule has 0 heterocycles. The van der Waals surface area contributed by atoms with E-state index in [2.05, 4.69) is 35.9 Å². The van der Waals surface area contributed by atoms with Crippen LogP contribution in [0.25, 0.3) is 0 Å². The molecule has 0 saturated carbocycles. The highest BCUT2D eigenvalue weighted by Crippen LogP contribution is 2.43. The molecule has 2 unspecified atom stereocenters. The summed E-state index contributed by atoms with van der Waals surface area (Å²) < 4.78 is 47.7. The number of unbranched alkanes of at least 4 members (excludes halogenated alkanes) is 16. The second-order valence-corrected chi connectivity index (χ2v) is 18.2. The summed E-state index contributed by atoms with van der Waals surface area (Å²) in [5.74, 6) is -0.328. The van der Waals surface area contributed by atoms with Gasteiger partial charge in [0.05, 0.1) is 32.0 Å². The van der Waals surface area contributed by atoms with Crippen molar-refractivity contribution in [1.82, 2.24) is 0 Å². The maximum Gasteiger partial charge on any atom is 0.472 e. The number of phosphoric acid groups is 2. The van der Waals surface area contributed by atoms with Crippen molar-refractivity contribution in [2.75, 3.05) is 26.4 Å². The number of carbonyl (C=O) groups is 2. The minimum atomic E-state index is -4.88. The van der Waals surface area contributed by atoms with Crippen LogP contribution in [0.4, 0.5) is 0 Å². The van der Waals surface area contributed by atoms with E-state index in [9.17, 15) is 38.9 Å². The first-order valence-electron chi connectivity index (χ1n) is 21.9. The molecule has 58 heavy (non-hydrogen) atoms. The van der Waals surface area contributed by atoms with Crippen LogP contribution in [-0.2, 0) is 41.8 Å². The van der Waals surface area contributed by atoms with E-state index in [4.69, 9.17) is 23.8 Å². The molecular weight excluding hydrogens is 794 g/mol. The lowest BCUT2D eigenvalue weighted by molar-refractivity contribution is -0.161. The van der Waals surface area contributed by atoms with Gasteiger partial charge >= 0.3 is 27.6 Å². The standard InChI is InChI=1S/C41H80O15P2/c1-4-6-7-8-17-22-27-38(43)39(44)28-23-18-15-20-24-29-40(45)52-33-37(34-55-58(50,51)54-32-36(42)31-53-57(47,48)49)56-41(46)30-25-19-14-12-10-9-11-13-16-21-26-35(3)5-2/h17,22,35-39,42-44H,4-16,18-21,23-34H2,1-3H3,(H,50,51)(H2,47,48,49)/b22-17-/t35?,36-,37+,38+,39+/m0/s1. The van der Waals surface area contributed by atoms with Gasteiger partial charge in [-0.25, -0.2) is 9.13 Å². The summed E-state index contributed by atoms with van der Waals surface area (Å²) in [6.07, 6.45) is 22.3. The molecule has 344 valence electrons. The summed E-state index contributed by atoms with van der Waals surface area (Å²) in [5, 5.41) is 30.2. The van der Waals surface area contributed by atoms with Crippen LogP contribution in [0.2, 0.25) is 0 Å². The summed E-state index contributed by atoms with van der Waals surface area (Å²) in [4.78, 5) is 52.7. The van der Waals surface area contributed by atoms with E-state index in [0.29, 0.717) is 25.7 Å². The molecule has 0 aromatic carbocycles. The highest BCUT2D eigenvalue weighted by atomic mass is 31.2. The van der Waals surface area contributed by atoms with E-state index >= 15 is 0 Å². The molecule has 6 N–H and O–H groups in total. The quantitative estimate of drug-likeness (QED) is 0.0146. The monoisotopic (exact) mass is 874 g/mol. The number of hydrogen-bond donors (Lipinski definition) is 6. The molecule has 15 nitrogen and oxygen atoms in total. The Balaban J connectivity index is 4.62. The van der Waals surface area contributed by atoms with Crippen molar-refractivity contribution in [3.8, 4) is 0 Å². The number of esters is 2. The van der Waals surface area contributed by atoms with Crippen LogP contribution in [0, 0.1) is 5.92 Å². The molecule has 0 radical (unpaired) electrons. The number of aliphatic hydroxyl groups is 3. The van der Waals surface area contributed by atoms with Crippen LogP contribution in [0.5, 0.6) is 0 Å². The number of rotatable bonds is 41. The molecule has 0 aromatic rings. The summed E-state index contributed by atoms with van der Waals surface area (Å²) >= 11 is 0. The predicted molar refractivity (Wildman–Crippen MR) is 224 cm³/mol. The van der Waals surface area contributed by atoms with E-state index in [1.807, 2.05) is 6.08 Å². The minimum absolute atomic E-state index is 0.0991. The van der Waals surface area contributed by atoms with Gasteiger partial charge in [-0.2, -0.15) is 0 Å². The molecule has 6 atom stereocenters. The number of phosphoric ester groups is 2. The first-order valence-corrected chi connectivity index (χ1v) is 25.0. The van der Waals surface area contributed by atoms with Crippen molar-refractivity contribution in [1.29, 1.82) is 0 Å². The number of hydrogen-bond acceptors (Lipinski definition) is 12. The molecule has 0 aliphatic carbocycles. The van der Waals surface area contributed by atoms with Gasteiger partial charge in [0, 0.05) is 12.8 Å². The fourth-order valence-electron chi connectivity index (χ4n) is 5.99. The molecule has 0 amide bonds. The van der Waals surface area contributed by atoms with E-state index in [0.717, 1.165) is 76.5 Å². The Kier molecular flexibility index (Phi) is 35.7. The highest BCUT2D eigenvalue weighted by molar-refractivity contribution is 7.47. The van der Waals surface area contributed by atoms with Crippen molar-refractivity contribution >= 4 is 27.6 Å². The lowest BCUT2D eigenvalue weighted by Crippen LogP contribution is -2.30. The van der Waals surface area contributed by atoms with Crippen LogP contribution < -0.4 is 0 Å². The largest absolute Gasteiger partial charge is 0.472 e. The molecule has 0 fully saturated rings. The zero-order valence-corrected chi connectivity index (χ0v) is 37.6. The Morgan fingerprint density at radius 3 is 1.67 bits per heavy atom. The van der Waals surface area contributed by atoms with Crippen molar-refractivity contribution in [3.05, 3.63) is 12.2 Å². The zero-order valence-electron chi connectivity index (χ0n) is 35.8. The summed E-state index contributed by atoms with van der Waals surface area (Å²) in [6, 6.07) is 0. The first kappa shape index (κ1) is 56.8. The van der Waals surface area contributed by atoms with Gasteiger partial charge in [0.15, 0.2) is 6.10 Å². The smallest absolute Gasteiger partial charge is 0.462 e. The summed E-state index contributed by atoms with van der Waals surface area (Å²) in [5.41, 5.74) is 0. The van der Waals surface area contributed by atoms with Crippen LogP contribution in [-0.4, -0.2) is 92.8 Å². The van der Waals surface area contributed by atoms with Crippen molar-refractivity contribution in [2.24, 2.45) is 5.92 Å². The van der Waals surface area contributed by atoms with Gasteiger partial charge in [0.1, 0.15) is 12.7 Å². The number of allylic oxidation sites excluding steroid dienone is 1. The lowest BCUT2D eigenvalue weighted by atomic mass is 9.99. The van der Waals surface area contributed by atoms with Gasteiger partial charge in [-0.3, -0.25) is 23.2 Å². The maximum atomic E-state index is 12.7. The average molecular weight is 875 g/mol. The van der Waals surface area contributed by atoms with Crippen molar-refractivity contribution in [2.45, 2.75) is 206 Å². The van der Waals surface area contributed by atoms with E-state index in [1.165, 1.54) is 51.4 Å². The molecule has 0 aliphatic heterocycles. The summed E-state index contributed by atoms with van der Waals surface area (Å²) in [6.45, 7) is 3.86. The Labute approximate surface area is 348 Å². The molecule has 0 rings (SSSR count). The SMILES string of the molecule is CCCCC/C=C\C[C@@H](O)[C@H](O)CCCCCCCC(=O)OC[C@H](COP(=O)(O)OC[C@@H](O)COP(=O)(O)O)OC(=O)CCCCCCCCCCCCC(C)CC. The van der Waals surface area contributed by atoms with Crippen LogP contribution in [0.3, 0.4) is 0 Å². The van der Waals surface area contributed by atoms with Crippen LogP contribution in [0.15, 0.2) is 12.2 Å². The topological polar surface area (TPSA) is 236 Å². The van der Waals surface area contributed by atoms with E-state index < -0.39 is 78.4 Å². The second-order valence-electron chi connectivity index (χ2n) is 15.5. The third kappa shape index (κ3) is 37.8. The molecule has 17 heteroatoms. The van der Waals surface area contributed by atoms with E-state index in [1.54, 1.807) is 0 Å². The third-order valence-corrected chi connectivity index (χ3v) is 11.3. The van der Waals surface area contributed by atoms with Gasteiger partial charge in [0.2, 0.25) is 0 Å². The normalized spacial score (nSPS) is 15.8. The van der Waals surface area contributed by atoms with Crippen molar-refractivity contribution < 1.29 is 71.8 Å². The Morgan fingerprint density at radius 1 is 0.586 bits per heavy atom. The fraction of sp³-hybridized carbons (Fsp3) is 0.902. The molecule has 0 spiro atoms. The number of aliphatic hydroxyl groups excluding tert-OH is 3. The lowest BCUT2D eigenvalue weighted by Gasteiger charge is -2.20. The number of carbonyl (C=O) groups excluding carboxylic acids is 2. The van der Waals surface area contributed by atoms with Crippen molar-refractivity contribution in [3.63, 3.8) is 0 Å². The van der Waals surface area contributed by atoms with E-state index in [-0.39, 0.29) is 12.8 Å². The molecular formula is C41H80O15P2. The maximum absolute atomic E-state index is 12.7. The Bertz CT molecular complexity index is 1130. The molecule has 0 aromatic heterocycles. The first-order chi connectivity index (χ1) is 27.6. The molecule has 0 aliphatic rings. The van der Waals surface area contributed by atoms with Crippen LogP contribution >= 0.6 is 15.6 Å². The predicted octanol–water partition coefficient (Wildman–Crippen LogP) is 8.75. The fourth-order valence-corrected chi connectivity index (χ4v) is 7.15. The molecule has 0 bridgehead atoms. The highest BCUT2D eigenvalue weighted by Gasteiger charge is 2.28. The van der Waals surface area contributed by atoms with Gasteiger partial charge in [-0.15, -0.1) is 0 Å². The zero-order chi connectivity index (χ0) is 43.5. The van der Waals surface area contributed by atoms with Crippen LogP contribution in [0.1, 0.15) is 181 Å². The Morgan fingerprint density at radius 2 is 1.10 bits per heavy atom. The average Bonchev–Trinajstić information content (AvgIpc) is 3.18. The minimum Gasteiger partial charge on any atom is -0.462 e. The number of ether oxygens (including phenoxy) is 2. The van der Waals surface area contributed by atoms with Gasteiger partial charge in [-0.1, -0.05) is 142 Å². The third-order valence-electron chi connectivity index (χ3n) is 9.89. The molecule has 0 saturated heterocycles. The van der Waals surface area contributed by atoms with Gasteiger partial charge < -0.3 is 39.5 Å². The second kappa shape index (κ2) is 36.4. The van der Waals surface area contributed by atoms with Gasteiger partial charge in [0.25, 0.3) is 0 Å². The Hall–Kier alpha value is -1.22. The van der Waals surface area contributed by atoms with Gasteiger partial charge in [-0.05, 0) is 44.4 Å².